The normalized spacial score (nSPS) is 12.4. The molecule has 0 aliphatic rings. The molecule has 112 valence electrons. The van der Waals surface area contributed by atoms with E-state index in [0.717, 1.165) is 30.8 Å². The zero-order valence-electron chi connectivity index (χ0n) is 12.6. The maximum Gasteiger partial charge on any atom is 0.305 e. The zero-order chi connectivity index (χ0) is 15.0. The number of ether oxygens (including phenoxy) is 1. The van der Waals surface area contributed by atoms with Crippen molar-refractivity contribution in [2.24, 2.45) is 0 Å². The molecule has 0 aliphatic carbocycles. The van der Waals surface area contributed by atoms with Gasteiger partial charge in [0.25, 0.3) is 0 Å². The molecule has 1 aromatic rings. The summed E-state index contributed by atoms with van der Waals surface area (Å²) in [7, 11) is 0. The summed E-state index contributed by atoms with van der Waals surface area (Å²) >= 11 is 0. The van der Waals surface area contributed by atoms with Crippen LogP contribution < -0.4 is 4.74 Å². The minimum absolute atomic E-state index is 0.0808. The predicted molar refractivity (Wildman–Crippen MR) is 80.1 cm³/mol. The molecule has 0 saturated carbocycles. The highest BCUT2D eigenvalue weighted by atomic mass is 16.5. The fourth-order valence-electron chi connectivity index (χ4n) is 2.29. The molecule has 1 aromatic carbocycles. The summed E-state index contributed by atoms with van der Waals surface area (Å²) in [6.07, 6.45) is 1.10. The van der Waals surface area contributed by atoms with E-state index in [1.807, 2.05) is 24.3 Å². The Labute approximate surface area is 121 Å². The van der Waals surface area contributed by atoms with Crippen LogP contribution in [0, 0.1) is 0 Å². The molecule has 0 saturated heterocycles. The number of hydrogen-bond donors (Lipinski definition) is 1. The highest BCUT2D eigenvalue weighted by Gasteiger charge is 2.20. The number of carboxylic acid groups (broad SMARTS) is 1. The number of hydrogen-bond acceptors (Lipinski definition) is 3. The van der Waals surface area contributed by atoms with Gasteiger partial charge in [-0.1, -0.05) is 32.9 Å². The first-order valence-electron chi connectivity index (χ1n) is 7.30. The molecule has 1 unspecified atom stereocenters. The fourth-order valence-corrected chi connectivity index (χ4v) is 2.29. The molecule has 20 heavy (non-hydrogen) atoms. The lowest BCUT2D eigenvalue weighted by atomic mass is 10.0. The van der Waals surface area contributed by atoms with Gasteiger partial charge in [-0.25, -0.2) is 0 Å². The van der Waals surface area contributed by atoms with Crippen molar-refractivity contribution < 1.29 is 14.6 Å². The van der Waals surface area contributed by atoms with E-state index in [0.29, 0.717) is 6.61 Å². The number of benzene rings is 1. The molecule has 0 bridgehead atoms. The maximum absolute atomic E-state index is 11.1. The summed E-state index contributed by atoms with van der Waals surface area (Å²) < 4.78 is 5.55. The second kappa shape index (κ2) is 8.59. The second-order valence-corrected chi connectivity index (χ2v) is 4.75. The standard InChI is InChI=1S/C16H25NO3/c1-4-11-20-14-9-7-13(8-10-14)15(12-16(18)19)17(5-2)6-3/h7-10,15H,4-6,11-12H2,1-3H3,(H,18,19). The zero-order valence-corrected chi connectivity index (χ0v) is 12.6. The summed E-state index contributed by atoms with van der Waals surface area (Å²) in [6, 6.07) is 7.70. The van der Waals surface area contributed by atoms with Crippen molar-refractivity contribution in [1.82, 2.24) is 4.90 Å². The summed E-state index contributed by atoms with van der Waals surface area (Å²) in [5, 5.41) is 9.10. The van der Waals surface area contributed by atoms with Gasteiger partial charge in [-0.05, 0) is 37.2 Å². The van der Waals surface area contributed by atoms with Crippen LogP contribution in [0.2, 0.25) is 0 Å². The van der Waals surface area contributed by atoms with Crippen LogP contribution in [0.1, 0.15) is 45.2 Å². The van der Waals surface area contributed by atoms with Gasteiger partial charge in [0.15, 0.2) is 0 Å². The first-order chi connectivity index (χ1) is 9.62. The minimum Gasteiger partial charge on any atom is -0.494 e. The highest BCUT2D eigenvalue weighted by molar-refractivity contribution is 5.68. The molecule has 0 aliphatic heterocycles. The van der Waals surface area contributed by atoms with Crippen LogP contribution in [0.3, 0.4) is 0 Å². The maximum atomic E-state index is 11.1. The second-order valence-electron chi connectivity index (χ2n) is 4.75. The molecule has 0 aromatic heterocycles. The molecule has 1 rings (SSSR count). The van der Waals surface area contributed by atoms with Gasteiger partial charge in [0.2, 0.25) is 0 Å². The van der Waals surface area contributed by atoms with Crippen molar-refractivity contribution in [1.29, 1.82) is 0 Å². The number of carbonyl (C=O) groups is 1. The monoisotopic (exact) mass is 279 g/mol. The largest absolute Gasteiger partial charge is 0.494 e. The third-order valence-electron chi connectivity index (χ3n) is 3.36. The topological polar surface area (TPSA) is 49.8 Å². The first kappa shape index (κ1) is 16.5. The Bertz CT molecular complexity index is 399. The Balaban J connectivity index is 2.87. The molecule has 0 spiro atoms. The van der Waals surface area contributed by atoms with Crippen LogP contribution in [-0.2, 0) is 4.79 Å². The van der Waals surface area contributed by atoms with Crippen LogP contribution in [0.4, 0.5) is 0 Å². The van der Waals surface area contributed by atoms with Crippen molar-refractivity contribution in [3.63, 3.8) is 0 Å². The Kier molecular flexibility index (Phi) is 7.09. The number of nitrogens with zero attached hydrogens (tertiary/aromatic N) is 1. The third-order valence-corrected chi connectivity index (χ3v) is 3.36. The van der Waals surface area contributed by atoms with Gasteiger partial charge in [0.05, 0.1) is 13.0 Å². The molecular formula is C16H25NO3. The summed E-state index contributed by atoms with van der Waals surface area (Å²) in [4.78, 5) is 13.2. The fraction of sp³-hybridized carbons (Fsp3) is 0.562. The van der Waals surface area contributed by atoms with E-state index in [2.05, 4.69) is 25.7 Å². The molecule has 4 heteroatoms. The molecule has 0 amide bonds. The van der Waals surface area contributed by atoms with Gasteiger partial charge in [-0.3, -0.25) is 9.69 Å². The average molecular weight is 279 g/mol. The van der Waals surface area contributed by atoms with Crippen LogP contribution >= 0.6 is 0 Å². The SMILES string of the molecule is CCCOc1ccc(C(CC(=O)O)N(CC)CC)cc1. The molecule has 1 N–H and O–H groups in total. The summed E-state index contributed by atoms with van der Waals surface area (Å²) in [5.41, 5.74) is 1.03. The van der Waals surface area contributed by atoms with E-state index in [4.69, 9.17) is 9.84 Å². The molecule has 0 heterocycles. The quantitative estimate of drug-likeness (QED) is 0.753. The predicted octanol–water partition coefficient (Wildman–Crippen LogP) is 3.33. The Morgan fingerprint density at radius 2 is 1.80 bits per heavy atom. The van der Waals surface area contributed by atoms with E-state index in [9.17, 15) is 4.79 Å². The van der Waals surface area contributed by atoms with E-state index in [-0.39, 0.29) is 12.5 Å². The van der Waals surface area contributed by atoms with Gasteiger partial charge in [-0.2, -0.15) is 0 Å². The van der Waals surface area contributed by atoms with Gasteiger partial charge in [0.1, 0.15) is 5.75 Å². The Morgan fingerprint density at radius 1 is 1.20 bits per heavy atom. The van der Waals surface area contributed by atoms with E-state index >= 15 is 0 Å². The molecule has 0 radical (unpaired) electrons. The van der Waals surface area contributed by atoms with Crippen molar-refractivity contribution in [2.75, 3.05) is 19.7 Å². The van der Waals surface area contributed by atoms with E-state index in [1.165, 1.54) is 0 Å². The Morgan fingerprint density at radius 3 is 2.25 bits per heavy atom. The Hall–Kier alpha value is -1.55. The van der Waals surface area contributed by atoms with Gasteiger partial charge >= 0.3 is 5.97 Å². The minimum atomic E-state index is -0.770. The molecule has 1 atom stereocenters. The van der Waals surface area contributed by atoms with Gasteiger partial charge in [0, 0.05) is 6.04 Å². The summed E-state index contributed by atoms with van der Waals surface area (Å²) in [5.74, 6) is 0.0671. The van der Waals surface area contributed by atoms with E-state index < -0.39 is 5.97 Å². The summed E-state index contributed by atoms with van der Waals surface area (Å²) in [6.45, 7) is 8.55. The number of aliphatic carboxylic acids is 1. The average Bonchev–Trinajstić information content (AvgIpc) is 2.45. The number of rotatable bonds is 9. The van der Waals surface area contributed by atoms with E-state index in [1.54, 1.807) is 0 Å². The van der Waals surface area contributed by atoms with Crippen molar-refractivity contribution >= 4 is 5.97 Å². The molecule has 4 nitrogen and oxygen atoms in total. The van der Waals surface area contributed by atoms with Crippen molar-refractivity contribution in [3.8, 4) is 5.75 Å². The van der Waals surface area contributed by atoms with Gasteiger partial charge in [-0.15, -0.1) is 0 Å². The van der Waals surface area contributed by atoms with Crippen LogP contribution in [0.25, 0.3) is 0 Å². The molecule has 0 fully saturated rings. The third kappa shape index (κ3) is 4.85. The van der Waals surface area contributed by atoms with Crippen LogP contribution in [-0.4, -0.2) is 35.7 Å². The van der Waals surface area contributed by atoms with Crippen molar-refractivity contribution in [2.45, 2.75) is 39.7 Å². The first-order valence-corrected chi connectivity index (χ1v) is 7.30. The van der Waals surface area contributed by atoms with Gasteiger partial charge < -0.3 is 9.84 Å². The number of carboxylic acids is 1. The highest BCUT2D eigenvalue weighted by Crippen LogP contribution is 2.26. The molecular weight excluding hydrogens is 254 g/mol. The van der Waals surface area contributed by atoms with Crippen LogP contribution in [0.15, 0.2) is 24.3 Å². The smallest absolute Gasteiger partial charge is 0.305 e. The lowest BCUT2D eigenvalue weighted by Crippen LogP contribution is -2.30. The lowest BCUT2D eigenvalue weighted by Gasteiger charge is -2.29. The lowest BCUT2D eigenvalue weighted by molar-refractivity contribution is -0.138. The van der Waals surface area contributed by atoms with Crippen LogP contribution in [0.5, 0.6) is 5.75 Å². The van der Waals surface area contributed by atoms with Crippen molar-refractivity contribution in [3.05, 3.63) is 29.8 Å².